The highest BCUT2D eigenvalue weighted by Gasteiger charge is 2.16. The van der Waals surface area contributed by atoms with Gasteiger partial charge in [-0.05, 0) is 95.1 Å². The van der Waals surface area contributed by atoms with Crippen LogP contribution < -0.4 is 0 Å². The predicted molar refractivity (Wildman–Crippen MR) is 183 cm³/mol. The highest BCUT2D eigenvalue weighted by atomic mass is 15.0. The van der Waals surface area contributed by atoms with E-state index in [1.165, 1.54) is 82.4 Å². The summed E-state index contributed by atoms with van der Waals surface area (Å²) in [6.07, 6.45) is 0. The summed E-state index contributed by atoms with van der Waals surface area (Å²) in [5.41, 5.74) is 11.0. The monoisotopic (exact) mass is 548 g/mol. The van der Waals surface area contributed by atoms with Gasteiger partial charge in [0.05, 0.1) is 22.1 Å². The number of hydrogen-bond acceptors (Lipinski definition) is 0. The fraction of sp³-hybridized carbons (Fsp3) is 0.0244. The van der Waals surface area contributed by atoms with Gasteiger partial charge >= 0.3 is 0 Å². The van der Waals surface area contributed by atoms with Gasteiger partial charge in [-0.3, -0.25) is 0 Å². The van der Waals surface area contributed by atoms with Crippen molar-refractivity contribution in [3.05, 3.63) is 157 Å². The molecule has 0 radical (unpaired) electrons. The minimum atomic E-state index is 1.18. The highest BCUT2D eigenvalue weighted by Crippen LogP contribution is 2.38. The van der Waals surface area contributed by atoms with Crippen molar-refractivity contribution >= 4 is 54.4 Å². The standard InChI is InChI=1S/C41H28N2/c1-27-15-20-35-37-26-31(18-22-40(37)43(41(35)23-27)33-19-16-28-9-5-6-10-29(28)24-33)30-17-21-39-36(25-30)34-13-7-8-14-38(34)42(39)32-11-3-2-4-12-32/h2-26H,1H3. The average molecular weight is 549 g/mol. The van der Waals surface area contributed by atoms with E-state index in [-0.39, 0.29) is 0 Å². The molecule has 0 saturated carbocycles. The van der Waals surface area contributed by atoms with E-state index in [2.05, 4.69) is 168 Å². The summed E-state index contributed by atoms with van der Waals surface area (Å²) in [5, 5.41) is 7.60. The normalized spacial score (nSPS) is 11.8. The number of aryl methyl sites for hydroxylation is 1. The molecule has 0 spiro atoms. The lowest BCUT2D eigenvalue weighted by atomic mass is 10.0. The van der Waals surface area contributed by atoms with E-state index in [9.17, 15) is 0 Å². The Kier molecular flexibility index (Phi) is 5.15. The van der Waals surface area contributed by atoms with Crippen LogP contribution in [0.3, 0.4) is 0 Å². The third-order valence-corrected chi connectivity index (χ3v) is 8.93. The van der Waals surface area contributed by atoms with Crippen molar-refractivity contribution in [2.24, 2.45) is 0 Å². The van der Waals surface area contributed by atoms with E-state index in [1.807, 2.05) is 0 Å². The van der Waals surface area contributed by atoms with Crippen LogP contribution in [0.4, 0.5) is 0 Å². The third kappa shape index (κ3) is 3.67. The van der Waals surface area contributed by atoms with Crippen LogP contribution in [0.25, 0.3) is 76.9 Å². The molecule has 9 aromatic rings. The molecule has 0 aliphatic heterocycles. The first-order valence-electron chi connectivity index (χ1n) is 14.9. The molecule has 0 atom stereocenters. The van der Waals surface area contributed by atoms with Crippen molar-refractivity contribution < 1.29 is 0 Å². The Bertz CT molecular complexity index is 2510. The number of benzene rings is 7. The second-order valence-electron chi connectivity index (χ2n) is 11.5. The molecule has 2 heterocycles. The smallest absolute Gasteiger partial charge is 0.0543 e. The number of hydrogen-bond donors (Lipinski definition) is 0. The van der Waals surface area contributed by atoms with Crippen LogP contribution in [-0.2, 0) is 0 Å². The third-order valence-electron chi connectivity index (χ3n) is 8.93. The molecular weight excluding hydrogens is 520 g/mol. The largest absolute Gasteiger partial charge is 0.309 e. The fourth-order valence-corrected chi connectivity index (χ4v) is 6.91. The molecular formula is C41H28N2. The number of fused-ring (bicyclic) bond motifs is 7. The Morgan fingerprint density at radius 1 is 0.349 bits per heavy atom. The van der Waals surface area contributed by atoms with E-state index < -0.39 is 0 Å². The summed E-state index contributed by atoms with van der Waals surface area (Å²) in [7, 11) is 0. The molecule has 2 nitrogen and oxygen atoms in total. The SMILES string of the molecule is Cc1ccc2c3cc(-c4ccc5c(c4)c4ccccc4n5-c4ccccc4)ccc3n(-c3ccc4ccccc4c3)c2c1. The Morgan fingerprint density at radius 3 is 1.72 bits per heavy atom. The molecule has 0 bridgehead atoms. The van der Waals surface area contributed by atoms with Crippen molar-refractivity contribution in [3.8, 4) is 22.5 Å². The lowest BCUT2D eigenvalue weighted by Crippen LogP contribution is -1.94. The van der Waals surface area contributed by atoms with Crippen LogP contribution in [0.5, 0.6) is 0 Å². The number of para-hydroxylation sites is 2. The maximum absolute atomic E-state index is 2.42. The van der Waals surface area contributed by atoms with Crippen LogP contribution in [0.15, 0.2) is 152 Å². The second kappa shape index (κ2) is 9.20. The Labute approximate surface area is 249 Å². The molecule has 0 N–H and O–H groups in total. The first-order chi connectivity index (χ1) is 21.2. The summed E-state index contributed by atoms with van der Waals surface area (Å²) in [4.78, 5) is 0. The highest BCUT2D eigenvalue weighted by molar-refractivity contribution is 6.13. The van der Waals surface area contributed by atoms with Gasteiger partial charge in [0, 0.05) is 32.9 Å². The number of nitrogens with zero attached hydrogens (tertiary/aromatic N) is 2. The summed E-state index contributed by atoms with van der Waals surface area (Å²) in [6.45, 7) is 2.17. The Balaban J connectivity index is 1.26. The van der Waals surface area contributed by atoms with Crippen LogP contribution in [-0.4, -0.2) is 9.13 Å². The van der Waals surface area contributed by atoms with Crippen molar-refractivity contribution in [1.82, 2.24) is 9.13 Å². The van der Waals surface area contributed by atoms with Gasteiger partial charge in [-0.2, -0.15) is 0 Å². The van der Waals surface area contributed by atoms with Crippen molar-refractivity contribution in [3.63, 3.8) is 0 Å². The molecule has 43 heavy (non-hydrogen) atoms. The Morgan fingerprint density at radius 2 is 0.953 bits per heavy atom. The predicted octanol–water partition coefficient (Wildman–Crippen LogP) is 11.0. The molecule has 0 fully saturated rings. The first kappa shape index (κ1) is 24.0. The summed E-state index contributed by atoms with van der Waals surface area (Å²) < 4.78 is 4.79. The maximum atomic E-state index is 2.42. The Hall–Kier alpha value is -5.60. The number of aromatic nitrogens is 2. The van der Waals surface area contributed by atoms with Crippen molar-refractivity contribution in [2.45, 2.75) is 6.92 Å². The van der Waals surface area contributed by atoms with Gasteiger partial charge in [-0.15, -0.1) is 0 Å². The first-order valence-corrected chi connectivity index (χ1v) is 14.9. The summed E-state index contributed by atoms with van der Waals surface area (Å²) >= 11 is 0. The zero-order chi connectivity index (χ0) is 28.5. The van der Waals surface area contributed by atoms with Crippen LogP contribution in [0.1, 0.15) is 5.56 Å². The van der Waals surface area contributed by atoms with E-state index in [1.54, 1.807) is 0 Å². The molecule has 0 aliphatic rings. The fourth-order valence-electron chi connectivity index (χ4n) is 6.91. The van der Waals surface area contributed by atoms with Gasteiger partial charge in [0.25, 0.3) is 0 Å². The van der Waals surface area contributed by atoms with Gasteiger partial charge in [0.2, 0.25) is 0 Å². The minimum absolute atomic E-state index is 1.18. The molecule has 9 rings (SSSR count). The molecule has 202 valence electrons. The van der Waals surface area contributed by atoms with Crippen LogP contribution >= 0.6 is 0 Å². The summed E-state index contributed by atoms with van der Waals surface area (Å²) in [5.74, 6) is 0. The molecule has 2 aromatic heterocycles. The molecule has 0 saturated heterocycles. The van der Waals surface area contributed by atoms with Gasteiger partial charge in [-0.25, -0.2) is 0 Å². The van der Waals surface area contributed by atoms with E-state index >= 15 is 0 Å². The lowest BCUT2D eigenvalue weighted by molar-refractivity contribution is 1.18. The van der Waals surface area contributed by atoms with E-state index in [4.69, 9.17) is 0 Å². The lowest BCUT2D eigenvalue weighted by Gasteiger charge is -2.10. The zero-order valence-electron chi connectivity index (χ0n) is 23.8. The molecule has 0 aliphatic carbocycles. The van der Waals surface area contributed by atoms with Gasteiger partial charge < -0.3 is 9.13 Å². The zero-order valence-corrected chi connectivity index (χ0v) is 23.8. The summed E-state index contributed by atoms with van der Waals surface area (Å²) in [6, 6.07) is 55.4. The van der Waals surface area contributed by atoms with Crippen LogP contribution in [0, 0.1) is 6.92 Å². The van der Waals surface area contributed by atoms with Crippen molar-refractivity contribution in [2.75, 3.05) is 0 Å². The van der Waals surface area contributed by atoms with Gasteiger partial charge in [0.1, 0.15) is 0 Å². The quantitative estimate of drug-likeness (QED) is 0.208. The van der Waals surface area contributed by atoms with E-state index in [0.29, 0.717) is 0 Å². The van der Waals surface area contributed by atoms with Crippen molar-refractivity contribution in [1.29, 1.82) is 0 Å². The second-order valence-corrected chi connectivity index (χ2v) is 11.5. The molecule has 0 unspecified atom stereocenters. The minimum Gasteiger partial charge on any atom is -0.309 e. The number of rotatable bonds is 3. The van der Waals surface area contributed by atoms with Gasteiger partial charge in [-0.1, -0.05) is 91.0 Å². The topological polar surface area (TPSA) is 9.86 Å². The molecule has 7 aromatic carbocycles. The van der Waals surface area contributed by atoms with Crippen LogP contribution in [0.2, 0.25) is 0 Å². The molecule has 2 heteroatoms. The molecule has 0 amide bonds. The van der Waals surface area contributed by atoms with Gasteiger partial charge in [0.15, 0.2) is 0 Å². The average Bonchev–Trinajstić information content (AvgIpc) is 3.56. The maximum Gasteiger partial charge on any atom is 0.0543 e. The van der Waals surface area contributed by atoms with E-state index in [0.717, 1.165) is 0 Å².